The largest absolute Gasteiger partial charge is 0.359 e. The van der Waals surface area contributed by atoms with E-state index in [4.69, 9.17) is 4.52 Å². The zero-order chi connectivity index (χ0) is 13.1. The summed E-state index contributed by atoms with van der Waals surface area (Å²) >= 11 is 0. The molecule has 2 amide bonds. The van der Waals surface area contributed by atoms with E-state index < -0.39 is 0 Å². The van der Waals surface area contributed by atoms with E-state index in [9.17, 15) is 4.79 Å². The van der Waals surface area contributed by atoms with Gasteiger partial charge in [-0.2, -0.15) is 0 Å². The Balaban J connectivity index is 1.92. The number of urea groups is 1. The van der Waals surface area contributed by atoms with E-state index in [1.807, 2.05) is 6.92 Å². The van der Waals surface area contributed by atoms with Crippen molar-refractivity contribution in [1.29, 1.82) is 0 Å². The maximum absolute atomic E-state index is 11.9. The lowest BCUT2D eigenvalue weighted by atomic mass is 9.86. The van der Waals surface area contributed by atoms with Gasteiger partial charge < -0.3 is 15.2 Å². The fourth-order valence-corrected chi connectivity index (χ4v) is 2.51. The van der Waals surface area contributed by atoms with Crippen LogP contribution in [0.4, 0.5) is 10.5 Å². The average molecular weight is 251 g/mol. The van der Waals surface area contributed by atoms with Crippen LogP contribution >= 0.6 is 0 Å². The monoisotopic (exact) mass is 251 g/mol. The van der Waals surface area contributed by atoms with Crippen LogP contribution in [0.5, 0.6) is 0 Å². The van der Waals surface area contributed by atoms with Crippen LogP contribution in [0.3, 0.4) is 0 Å². The molecule has 2 N–H and O–H groups in total. The van der Waals surface area contributed by atoms with Gasteiger partial charge in [-0.1, -0.05) is 24.9 Å². The highest BCUT2D eigenvalue weighted by atomic mass is 16.5. The molecule has 1 heterocycles. The predicted octanol–water partition coefficient (Wildman–Crippen LogP) is 2.99. The molecule has 0 bridgehead atoms. The first-order chi connectivity index (χ1) is 8.58. The Morgan fingerprint density at radius 2 is 2.06 bits per heavy atom. The van der Waals surface area contributed by atoms with Crippen LogP contribution in [-0.2, 0) is 0 Å². The highest BCUT2D eigenvalue weighted by molar-refractivity contribution is 5.90. The van der Waals surface area contributed by atoms with Crippen molar-refractivity contribution in [3.05, 3.63) is 11.5 Å². The van der Waals surface area contributed by atoms with Crippen LogP contribution < -0.4 is 10.6 Å². The van der Waals surface area contributed by atoms with Gasteiger partial charge in [0.2, 0.25) is 0 Å². The van der Waals surface area contributed by atoms with Crippen molar-refractivity contribution < 1.29 is 9.32 Å². The van der Waals surface area contributed by atoms with Crippen molar-refractivity contribution in [2.75, 3.05) is 5.32 Å². The highest BCUT2D eigenvalue weighted by Gasteiger charge is 2.23. The number of aromatic nitrogens is 1. The molecule has 0 aliphatic heterocycles. The summed E-state index contributed by atoms with van der Waals surface area (Å²) in [6.45, 7) is 5.80. The van der Waals surface area contributed by atoms with Crippen molar-refractivity contribution in [2.24, 2.45) is 5.92 Å². The maximum atomic E-state index is 11.9. The summed E-state index contributed by atoms with van der Waals surface area (Å²) in [5, 5.41) is 9.68. The van der Waals surface area contributed by atoms with Gasteiger partial charge in [0.05, 0.1) is 0 Å². The van der Waals surface area contributed by atoms with Crippen LogP contribution in [0.1, 0.15) is 44.1 Å². The molecule has 1 aromatic rings. The van der Waals surface area contributed by atoms with E-state index in [1.165, 1.54) is 19.3 Å². The zero-order valence-electron chi connectivity index (χ0n) is 11.2. The summed E-state index contributed by atoms with van der Waals surface area (Å²) in [6, 6.07) is 0.113. The van der Waals surface area contributed by atoms with Gasteiger partial charge in [-0.05, 0) is 32.6 Å². The lowest BCUT2D eigenvalue weighted by Gasteiger charge is -2.29. The minimum atomic E-state index is -0.164. The number of carbonyl (C=O) groups is 1. The van der Waals surface area contributed by atoms with Crippen LogP contribution in [0, 0.1) is 19.8 Å². The van der Waals surface area contributed by atoms with Gasteiger partial charge in [0.1, 0.15) is 11.4 Å². The van der Waals surface area contributed by atoms with E-state index in [2.05, 4.69) is 22.7 Å². The molecule has 100 valence electrons. The molecule has 0 aromatic carbocycles. The second kappa shape index (κ2) is 5.42. The second-order valence-electron chi connectivity index (χ2n) is 5.17. The van der Waals surface area contributed by atoms with Gasteiger partial charge in [0.15, 0.2) is 5.76 Å². The molecule has 2 rings (SSSR count). The summed E-state index contributed by atoms with van der Waals surface area (Å²) in [7, 11) is 0. The number of nitrogens with one attached hydrogen (secondary N) is 2. The third-order valence-electron chi connectivity index (χ3n) is 3.70. The first-order valence-electron chi connectivity index (χ1n) is 6.58. The molecular formula is C13H21N3O2. The van der Waals surface area contributed by atoms with Crippen molar-refractivity contribution in [3.63, 3.8) is 0 Å². The van der Waals surface area contributed by atoms with Gasteiger partial charge >= 0.3 is 6.03 Å². The second-order valence-corrected chi connectivity index (χ2v) is 5.17. The van der Waals surface area contributed by atoms with Gasteiger partial charge in [0.25, 0.3) is 0 Å². The molecule has 2 atom stereocenters. The molecule has 0 spiro atoms. The van der Waals surface area contributed by atoms with Crippen molar-refractivity contribution in [1.82, 2.24) is 10.5 Å². The van der Waals surface area contributed by atoms with E-state index in [0.29, 0.717) is 23.1 Å². The number of hydrogen-bond donors (Lipinski definition) is 2. The third kappa shape index (κ3) is 2.83. The lowest BCUT2D eigenvalue weighted by Crippen LogP contribution is -2.43. The van der Waals surface area contributed by atoms with Crippen LogP contribution in [-0.4, -0.2) is 17.2 Å². The van der Waals surface area contributed by atoms with Crippen LogP contribution in [0.25, 0.3) is 0 Å². The third-order valence-corrected chi connectivity index (χ3v) is 3.70. The zero-order valence-corrected chi connectivity index (χ0v) is 11.2. The number of aryl methyl sites for hydroxylation is 2. The number of carbonyl (C=O) groups excluding carboxylic acids is 1. The van der Waals surface area contributed by atoms with E-state index >= 15 is 0 Å². The van der Waals surface area contributed by atoms with E-state index in [0.717, 1.165) is 6.42 Å². The Hall–Kier alpha value is -1.52. The summed E-state index contributed by atoms with van der Waals surface area (Å²) in [5.41, 5.74) is 1.38. The number of rotatable bonds is 2. The summed E-state index contributed by atoms with van der Waals surface area (Å²) in [6.07, 6.45) is 4.72. The van der Waals surface area contributed by atoms with Gasteiger partial charge in [-0.3, -0.25) is 0 Å². The molecule has 1 aliphatic rings. The first kappa shape index (κ1) is 12.9. The van der Waals surface area contributed by atoms with Crippen LogP contribution in [0.2, 0.25) is 0 Å². The SMILES string of the molecule is Cc1noc(C)c1NC(=O)N[C@H]1CCCC[C@@H]1C. The van der Waals surface area contributed by atoms with E-state index in [1.54, 1.807) is 6.92 Å². The van der Waals surface area contributed by atoms with Gasteiger partial charge in [-0.15, -0.1) is 0 Å². The Morgan fingerprint density at radius 3 is 2.67 bits per heavy atom. The Kier molecular flexibility index (Phi) is 3.89. The first-order valence-corrected chi connectivity index (χ1v) is 6.58. The fourth-order valence-electron chi connectivity index (χ4n) is 2.51. The maximum Gasteiger partial charge on any atom is 0.319 e. The van der Waals surface area contributed by atoms with Crippen LogP contribution in [0.15, 0.2) is 4.52 Å². The molecule has 1 fully saturated rings. The predicted molar refractivity (Wildman–Crippen MR) is 69.6 cm³/mol. The lowest BCUT2D eigenvalue weighted by molar-refractivity contribution is 0.232. The Bertz CT molecular complexity index is 408. The molecule has 0 radical (unpaired) electrons. The minimum Gasteiger partial charge on any atom is -0.359 e. The highest BCUT2D eigenvalue weighted by Crippen LogP contribution is 2.24. The average Bonchev–Trinajstić information content (AvgIpc) is 2.64. The topological polar surface area (TPSA) is 67.2 Å². The molecule has 5 nitrogen and oxygen atoms in total. The Labute approximate surface area is 107 Å². The molecule has 1 aromatic heterocycles. The van der Waals surface area contributed by atoms with Crippen molar-refractivity contribution >= 4 is 11.7 Å². The summed E-state index contributed by atoms with van der Waals surface area (Å²) in [5.74, 6) is 1.19. The minimum absolute atomic E-state index is 0.164. The smallest absolute Gasteiger partial charge is 0.319 e. The number of nitrogens with zero attached hydrogens (tertiary/aromatic N) is 1. The molecule has 0 unspecified atom stereocenters. The van der Waals surface area contributed by atoms with E-state index in [-0.39, 0.29) is 12.1 Å². The van der Waals surface area contributed by atoms with Crippen molar-refractivity contribution in [3.8, 4) is 0 Å². The molecule has 1 saturated carbocycles. The number of hydrogen-bond acceptors (Lipinski definition) is 3. The quantitative estimate of drug-likeness (QED) is 0.849. The number of amides is 2. The van der Waals surface area contributed by atoms with Crippen molar-refractivity contribution in [2.45, 2.75) is 52.5 Å². The van der Waals surface area contributed by atoms with Gasteiger partial charge in [-0.25, -0.2) is 4.79 Å². The fraction of sp³-hybridized carbons (Fsp3) is 0.692. The summed E-state index contributed by atoms with van der Waals surface area (Å²) < 4.78 is 5.01. The molecule has 1 aliphatic carbocycles. The molecular weight excluding hydrogens is 230 g/mol. The Morgan fingerprint density at radius 1 is 1.33 bits per heavy atom. The normalized spacial score (nSPS) is 23.7. The van der Waals surface area contributed by atoms with Gasteiger partial charge in [0, 0.05) is 6.04 Å². The molecule has 18 heavy (non-hydrogen) atoms. The summed E-state index contributed by atoms with van der Waals surface area (Å²) in [4.78, 5) is 11.9. The molecule has 0 saturated heterocycles. The standard InChI is InChI=1S/C13H21N3O2/c1-8-6-4-5-7-11(8)14-13(17)15-12-9(2)16-18-10(12)3/h8,11H,4-7H2,1-3H3,(H2,14,15,17)/t8-,11-/m0/s1. The number of anilines is 1. The molecule has 5 heteroatoms.